The van der Waals surface area contributed by atoms with E-state index >= 15 is 0 Å². The lowest BCUT2D eigenvalue weighted by Gasteiger charge is -2.26. The third-order valence-electron chi connectivity index (χ3n) is 3.94. The van der Waals surface area contributed by atoms with Crippen LogP contribution in [0.2, 0.25) is 5.02 Å². The van der Waals surface area contributed by atoms with Crippen molar-refractivity contribution >= 4 is 23.3 Å². The first-order valence-corrected chi connectivity index (χ1v) is 8.89. The molecule has 1 amide bonds. The molecule has 1 fully saturated rings. The van der Waals surface area contributed by atoms with E-state index in [4.69, 9.17) is 21.1 Å². The fourth-order valence-electron chi connectivity index (χ4n) is 2.61. The third kappa shape index (κ3) is 4.62. The van der Waals surface area contributed by atoms with Crippen LogP contribution >= 0.6 is 11.6 Å². The molecule has 0 saturated carbocycles. The number of hydrogen-bond acceptors (Lipinski definition) is 6. The molecule has 26 heavy (non-hydrogen) atoms. The van der Waals surface area contributed by atoms with Gasteiger partial charge >= 0.3 is 0 Å². The van der Waals surface area contributed by atoms with Crippen molar-refractivity contribution in [3.8, 4) is 5.88 Å². The highest BCUT2D eigenvalue weighted by Crippen LogP contribution is 2.22. The minimum Gasteiger partial charge on any atom is -0.478 e. The summed E-state index contributed by atoms with van der Waals surface area (Å²) >= 11 is 6.30. The number of nitrogens with one attached hydrogen (secondary N) is 1. The van der Waals surface area contributed by atoms with Gasteiger partial charge in [0, 0.05) is 38.1 Å². The van der Waals surface area contributed by atoms with Crippen LogP contribution in [0, 0.1) is 0 Å². The summed E-state index contributed by atoms with van der Waals surface area (Å²) < 4.78 is 10.7. The van der Waals surface area contributed by atoms with Gasteiger partial charge in [-0.3, -0.25) is 4.79 Å². The van der Waals surface area contributed by atoms with E-state index in [0.717, 1.165) is 5.56 Å². The molecule has 8 heteroatoms. The lowest BCUT2D eigenvalue weighted by Crippen LogP contribution is -2.40. The van der Waals surface area contributed by atoms with Gasteiger partial charge in [-0.2, -0.15) is 0 Å². The first-order chi connectivity index (χ1) is 12.7. The van der Waals surface area contributed by atoms with E-state index in [-0.39, 0.29) is 5.91 Å². The Bertz CT molecular complexity index is 766. The standard InChI is InChI=1S/C18H21ClN4O3/c1-2-26-16-9-13(3-4-20-16)11-21-17-15(19)10-14(12-22-17)18(24)23-5-7-25-8-6-23/h3-4,9-10,12H,2,5-8,11H2,1H3,(H,21,22). The second-order valence-corrected chi connectivity index (χ2v) is 6.16. The maximum absolute atomic E-state index is 12.5. The molecule has 138 valence electrons. The number of pyridine rings is 2. The van der Waals surface area contributed by atoms with Gasteiger partial charge in [0.05, 0.1) is 30.4 Å². The summed E-state index contributed by atoms with van der Waals surface area (Å²) in [7, 11) is 0. The number of halogens is 1. The number of nitrogens with zero attached hydrogens (tertiary/aromatic N) is 3. The van der Waals surface area contributed by atoms with Crippen LogP contribution in [-0.2, 0) is 11.3 Å². The molecule has 2 aromatic rings. The molecule has 0 aromatic carbocycles. The summed E-state index contributed by atoms with van der Waals surface area (Å²) in [6.45, 7) is 5.28. The zero-order valence-electron chi connectivity index (χ0n) is 14.6. The van der Waals surface area contributed by atoms with Gasteiger partial charge in [0.25, 0.3) is 5.91 Å². The number of amides is 1. The molecule has 0 spiro atoms. The molecule has 1 aliphatic heterocycles. The largest absolute Gasteiger partial charge is 0.478 e. The quantitative estimate of drug-likeness (QED) is 0.835. The summed E-state index contributed by atoms with van der Waals surface area (Å²) in [4.78, 5) is 22.7. The number of anilines is 1. The highest BCUT2D eigenvalue weighted by molar-refractivity contribution is 6.33. The molecule has 2 aromatic heterocycles. The van der Waals surface area contributed by atoms with E-state index in [0.29, 0.717) is 61.7 Å². The third-order valence-corrected chi connectivity index (χ3v) is 4.23. The van der Waals surface area contributed by atoms with Crippen LogP contribution in [0.3, 0.4) is 0 Å². The van der Waals surface area contributed by atoms with Gasteiger partial charge in [-0.05, 0) is 24.6 Å². The summed E-state index contributed by atoms with van der Waals surface area (Å²) in [5.41, 5.74) is 1.47. The number of rotatable bonds is 6. The number of carbonyl (C=O) groups is 1. The second kappa shape index (κ2) is 8.82. The Labute approximate surface area is 157 Å². The van der Waals surface area contributed by atoms with Crippen molar-refractivity contribution in [2.45, 2.75) is 13.5 Å². The molecule has 3 heterocycles. The Balaban J connectivity index is 1.64. The Morgan fingerprint density at radius 3 is 2.88 bits per heavy atom. The summed E-state index contributed by atoms with van der Waals surface area (Å²) in [5.74, 6) is 1.03. The maximum atomic E-state index is 12.5. The number of ether oxygens (including phenoxy) is 2. The van der Waals surface area contributed by atoms with Crippen LogP contribution in [0.5, 0.6) is 5.88 Å². The van der Waals surface area contributed by atoms with Crippen LogP contribution in [0.1, 0.15) is 22.8 Å². The minimum atomic E-state index is -0.0789. The molecule has 0 atom stereocenters. The lowest BCUT2D eigenvalue weighted by atomic mass is 10.2. The van der Waals surface area contributed by atoms with Crippen LogP contribution in [0.15, 0.2) is 30.6 Å². The first-order valence-electron chi connectivity index (χ1n) is 8.51. The summed E-state index contributed by atoms with van der Waals surface area (Å²) in [6, 6.07) is 5.40. The lowest BCUT2D eigenvalue weighted by molar-refractivity contribution is 0.0302. The number of hydrogen-bond donors (Lipinski definition) is 1. The van der Waals surface area contributed by atoms with Gasteiger partial charge in [-0.1, -0.05) is 11.6 Å². The van der Waals surface area contributed by atoms with Crippen molar-refractivity contribution < 1.29 is 14.3 Å². The molecule has 0 radical (unpaired) electrons. The number of morpholine rings is 1. The van der Waals surface area contributed by atoms with Crippen LogP contribution in [-0.4, -0.2) is 53.7 Å². The van der Waals surface area contributed by atoms with Crippen molar-refractivity contribution in [1.29, 1.82) is 0 Å². The molecule has 1 aliphatic rings. The summed E-state index contributed by atoms with van der Waals surface area (Å²) in [6.07, 6.45) is 3.24. The van der Waals surface area contributed by atoms with Crippen LogP contribution < -0.4 is 10.1 Å². The van der Waals surface area contributed by atoms with Crippen LogP contribution in [0.4, 0.5) is 5.82 Å². The fraction of sp³-hybridized carbons (Fsp3) is 0.389. The van der Waals surface area contributed by atoms with E-state index in [1.54, 1.807) is 23.4 Å². The number of aromatic nitrogens is 2. The Morgan fingerprint density at radius 2 is 2.15 bits per heavy atom. The SMILES string of the molecule is CCOc1cc(CNc2ncc(C(=O)N3CCOCC3)cc2Cl)ccn1. The van der Waals surface area contributed by atoms with Gasteiger partial charge in [0.1, 0.15) is 5.82 Å². The smallest absolute Gasteiger partial charge is 0.255 e. The predicted molar refractivity (Wildman–Crippen MR) is 98.7 cm³/mol. The van der Waals surface area contributed by atoms with Crippen molar-refractivity contribution in [1.82, 2.24) is 14.9 Å². The average Bonchev–Trinajstić information content (AvgIpc) is 2.68. The van der Waals surface area contributed by atoms with Crippen molar-refractivity contribution in [2.75, 3.05) is 38.2 Å². The Kier molecular flexibility index (Phi) is 6.25. The average molecular weight is 377 g/mol. The monoisotopic (exact) mass is 376 g/mol. The molecular formula is C18H21ClN4O3. The summed E-state index contributed by atoms with van der Waals surface area (Å²) in [5, 5.41) is 3.58. The highest BCUT2D eigenvalue weighted by Gasteiger charge is 2.19. The zero-order valence-corrected chi connectivity index (χ0v) is 15.3. The van der Waals surface area contributed by atoms with E-state index < -0.39 is 0 Å². The van der Waals surface area contributed by atoms with Gasteiger partial charge in [-0.25, -0.2) is 9.97 Å². The Morgan fingerprint density at radius 1 is 1.35 bits per heavy atom. The molecular weight excluding hydrogens is 356 g/mol. The van der Waals surface area contributed by atoms with E-state index in [1.165, 1.54) is 0 Å². The minimum absolute atomic E-state index is 0.0789. The van der Waals surface area contributed by atoms with Gasteiger partial charge in [0.2, 0.25) is 5.88 Å². The number of carbonyl (C=O) groups excluding carboxylic acids is 1. The zero-order chi connectivity index (χ0) is 18.4. The molecule has 7 nitrogen and oxygen atoms in total. The molecule has 0 bridgehead atoms. The van der Waals surface area contributed by atoms with Crippen LogP contribution in [0.25, 0.3) is 0 Å². The highest BCUT2D eigenvalue weighted by atomic mass is 35.5. The van der Waals surface area contributed by atoms with Crippen molar-refractivity contribution in [3.05, 3.63) is 46.7 Å². The van der Waals surface area contributed by atoms with E-state index in [9.17, 15) is 4.79 Å². The van der Waals surface area contributed by atoms with Gasteiger partial charge < -0.3 is 19.7 Å². The molecule has 1 N–H and O–H groups in total. The maximum Gasteiger partial charge on any atom is 0.255 e. The van der Waals surface area contributed by atoms with E-state index in [2.05, 4.69) is 15.3 Å². The van der Waals surface area contributed by atoms with Gasteiger partial charge in [-0.15, -0.1) is 0 Å². The van der Waals surface area contributed by atoms with Crippen molar-refractivity contribution in [3.63, 3.8) is 0 Å². The second-order valence-electron chi connectivity index (χ2n) is 5.75. The molecule has 3 rings (SSSR count). The van der Waals surface area contributed by atoms with E-state index in [1.807, 2.05) is 19.1 Å². The predicted octanol–water partition coefficient (Wildman–Crippen LogP) is 2.61. The fourth-order valence-corrected chi connectivity index (χ4v) is 2.84. The molecule has 0 aliphatic carbocycles. The molecule has 0 unspecified atom stereocenters. The Hall–Kier alpha value is -2.38. The first kappa shape index (κ1) is 18.4. The topological polar surface area (TPSA) is 76.6 Å². The van der Waals surface area contributed by atoms with Crippen molar-refractivity contribution in [2.24, 2.45) is 0 Å². The normalized spacial score (nSPS) is 14.2. The molecule has 1 saturated heterocycles. The van der Waals surface area contributed by atoms with Gasteiger partial charge in [0.15, 0.2) is 0 Å².